The van der Waals surface area contributed by atoms with Gasteiger partial charge >= 0.3 is 0 Å². The zero-order valence-corrected chi connectivity index (χ0v) is 12.6. The van der Waals surface area contributed by atoms with E-state index < -0.39 is 11.5 Å². The zero-order valence-electron chi connectivity index (χ0n) is 12.6. The first-order chi connectivity index (χ1) is 9.40. The van der Waals surface area contributed by atoms with E-state index in [1.54, 1.807) is 14.2 Å². The summed E-state index contributed by atoms with van der Waals surface area (Å²) in [5.74, 6) is 0.735. The molecule has 0 radical (unpaired) electrons. The lowest BCUT2D eigenvalue weighted by Gasteiger charge is -2.24. The second-order valence-electron chi connectivity index (χ2n) is 5.38. The topological polar surface area (TPSA) is 70.6 Å². The van der Waals surface area contributed by atoms with Gasteiger partial charge in [0.25, 0.3) is 0 Å². The maximum Gasteiger partial charge on any atom is 0.226 e. The number of methoxy groups -OCH3 is 1. The van der Waals surface area contributed by atoms with E-state index in [4.69, 9.17) is 4.74 Å². The molecule has 0 fully saturated rings. The smallest absolute Gasteiger partial charge is 0.226 e. The number of hydrogen-bond donors (Lipinski definition) is 3. The first-order valence-corrected chi connectivity index (χ1v) is 6.65. The standard InChI is InChI=1S/C15H24N2O3/c1-15(2,14(19)16-3)10-17-9-13(18)11-5-7-12(20-4)8-6-11/h5-8,13,17-18H,9-10H2,1-4H3,(H,16,19). The second kappa shape index (κ2) is 7.26. The Balaban J connectivity index is 2.46. The quantitative estimate of drug-likeness (QED) is 0.699. The van der Waals surface area contributed by atoms with Crippen molar-refractivity contribution in [2.24, 2.45) is 5.41 Å². The minimum Gasteiger partial charge on any atom is -0.497 e. The monoisotopic (exact) mass is 280 g/mol. The van der Waals surface area contributed by atoms with Crippen LogP contribution in [0.5, 0.6) is 5.75 Å². The third-order valence-corrected chi connectivity index (χ3v) is 3.25. The van der Waals surface area contributed by atoms with Crippen LogP contribution in [0.3, 0.4) is 0 Å². The van der Waals surface area contributed by atoms with Gasteiger partial charge in [0.05, 0.1) is 18.6 Å². The number of amides is 1. The lowest BCUT2D eigenvalue weighted by atomic mass is 9.92. The largest absolute Gasteiger partial charge is 0.497 e. The third kappa shape index (κ3) is 4.51. The summed E-state index contributed by atoms with van der Waals surface area (Å²) in [5.41, 5.74) is 0.310. The zero-order chi connectivity index (χ0) is 15.2. The van der Waals surface area contributed by atoms with Crippen molar-refractivity contribution < 1.29 is 14.6 Å². The van der Waals surface area contributed by atoms with Crippen molar-refractivity contribution >= 4 is 5.91 Å². The molecule has 1 rings (SSSR count). The lowest BCUT2D eigenvalue weighted by molar-refractivity contribution is -0.128. The summed E-state index contributed by atoms with van der Waals surface area (Å²) in [4.78, 5) is 11.6. The number of ether oxygens (including phenoxy) is 1. The minimum absolute atomic E-state index is 0.0241. The molecule has 20 heavy (non-hydrogen) atoms. The molecule has 0 aromatic heterocycles. The fourth-order valence-corrected chi connectivity index (χ4v) is 1.88. The number of benzene rings is 1. The van der Waals surface area contributed by atoms with E-state index in [0.29, 0.717) is 13.1 Å². The van der Waals surface area contributed by atoms with Gasteiger partial charge in [0.1, 0.15) is 5.75 Å². The predicted octanol–water partition coefficient (Wildman–Crippen LogP) is 1.09. The van der Waals surface area contributed by atoms with Gasteiger partial charge in [0.2, 0.25) is 5.91 Å². The average molecular weight is 280 g/mol. The van der Waals surface area contributed by atoms with Crippen LogP contribution in [-0.4, -0.2) is 38.3 Å². The lowest BCUT2D eigenvalue weighted by Crippen LogP contribution is -2.42. The molecule has 0 aliphatic carbocycles. The van der Waals surface area contributed by atoms with Crippen LogP contribution in [0.2, 0.25) is 0 Å². The van der Waals surface area contributed by atoms with Gasteiger partial charge < -0.3 is 20.5 Å². The average Bonchev–Trinajstić information content (AvgIpc) is 2.46. The molecule has 0 bridgehead atoms. The van der Waals surface area contributed by atoms with Crippen molar-refractivity contribution in [3.05, 3.63) is 29.8 Å². The van der Waals surface area contributed by atoms with E-state index in [9.17, 15) is 9.90 Å². The molecule has 1 unspecified atom stereocenters. The van der Waals surface area contributed by atoms with Crippen molar-refractivity contribution in [1.29, 1.82) is 0 Å². The fraction of sp³-hybridized carbons (Fsp3) is 0.533. The van der Waals surface area contributed by atoms with E-state index in [1.165, 1.54) is 0 Å². The van der Waals surface area contributed by atoms with Crippen LogP contribution < -0.4 is 15.4 Å². The van der Waals surface area contributed by atoms with Crippen LogP contribution >= 0.6 is 0 Å². The van der Waals surface area contributed by atoms with E-state index in [2.05, 4.69) is 10.6 Å². The molecule has 0 aliphatic heterocycles. The molecule has 0 saturated carbocycles. The van der Waals surface area contributed by atoms with Crippen LogP contribution in [0.25, 0.3) is 0 Å². The van der Waals surface area contributed by atoms with Gasteiger partial charge in [-0.05, 0) is 31.5 Å². The number of nitrogens with one attached hydrogen (secondary N) is 2. The molecule has 5 heteroatoms. The summed E-state index contributed by atoms with van der Waals surface area (Å²) in [7, 11) is 3.23. The Morgan fingerprint density at radius 1 is 1.35 bits per heavy atom. The molecule has 112 valence electrons. The van der Waals surface area contributed by atoms with Crippen molar-refractivity contribution in [2.75, 3.05) is 27.2 Å². The Bertz CT molecular complexity index is 429. The van der Waals surface area contributed by atoms with Gasteiger partial charge in [-0.15, -0.1) is 0 Å². The van der Waals surface area contributed by atoms with Crippen LogP contribution in [0.4, 0.5) is 0 Å². The van der Waals surface area contributed by atoms with E-state index in [1.807, 2.05) is 38.1 Å². The molecule has 0 heterocycles. The van der Waals surface area contributed by atoms with Gasteiger partial charge in [-0.25, -0.2) is 0 Å². The van der Waals surface area contributed by atoms with Gasteiger partial charge in [-0.3, -0.25) is 4.79 Å². The molecule has 0 spiro atoms. The molecule has 1 aromatic rings. The van der Waals surface area contributed by atoms with Gasteiger partial charge in [0.15, 0.2) is 0 Å². The van der Waals surface area contributed by atoms with Crippen LogP contribution in [0.1, 0.15) is 25.5 Å². The molecule has 3 N–H and O–H groups in total. The van der Waals surface area contributed by atoms with Gasteiger partial charge in [0, 0.05) is 20.1 Å². The molecular formula is C15H24N2O3. The summed E-state index contributed by atoms with van der Waals surface area (Å²) in [5, 5.41) is 15.8. The number of aliphatic hydroxyl groups excluding tert-OH is 1. The third-order valence-electron chi connectivity index (χ3n) is 3.25. The predicted molar refractivity (Wildman–Crippen MR) is 78.7 cm³/mol. The Morgan fingerprint density at radius 2 is 1.95 bits per heavy atom. The Labute approximate surface area is 120 Å². The normalized spacial score (nSPS) is 12.8. The van der Waals surface area contributed by atoms with Crippen molar-refractivity contribution in [2.45, 2.75) is 20.0 Å². The highest BCUT2D eigenvalue weighted by Gasteiger charge is 2.26. The molecule has 5 nitrogen and oxygen atoms in total. The number of carbonyl (C=O) groups is 1. The van der Waals surface area contributed by atoms with Crippen LogP contribution in [0.15, 0.2) is 24.3 Å². The molecule has 0 aliphatic rings. The molecule has 0 saturated heterocycles. The van der Waals surface area contributed by atoms with Crippen LogP contribution in [0, 0.1) is 5.41 Å². The van der Waals surface area contributed by atoms with Crippen molar-refractivity contribution in [3.8, 4) is 5.75 Å². The van der Waals surface area contributed by atoms with Crippen LogP contribution in [-0.2, 0) is 4.79 Å². The fourth-order valence-electron chi connectivity index (χ4n) is 1.88. The second-order valence-corrected chi connectivity index (χ2v) is 5.38. The minimum atomic E-state index is -0.610. The maximum absolute atomic E-state index is 11.6. The summed E-state index contributed by atoms with van der Waals surface area (Å²) >= 11 is 0. The molecule has 1 amide bonds. The Morgan fingerprint density at radius 3 is 2.45 bits per heavy atom. The first-order valence-electron chi connectivity index (χ1n) is 6.65. The highest BCUT2D eigenvalue weighted by Crippen LogP contribution is 2.18. The first kappa shape index (κ1) is 16.5. The number of rotatable bonds is 7. The highest BCUT2D eigenvalue weighted by molar-refractivity contribution is 5.81. The van der Waals surface area contributed by atoms with E-state index in [0.717, 1.165) is 11.3 Å². The van der Waals surface area contributed by atoms with E-state index in [-0.39, 0.29) is 5.91 Å². The molecular weight excluding hydrogens is 256 g/mol. The molecule has 1 atom stereocenters. The SMILES string of the molecule is CNC(=O)C(C)(C)CNCC(O)c1ccc(OC)cc1. The summed E-state index contributed by atoms with van der Waals surface area (Å²) in [6.45, 7) is 4.61. The summed E-state index contributed by atoms with van der Waals surface area (Å²) in [6.07, 6.45) is -0.610. The van der Waals surface area contributed by atoms with Gasteiger partial charge in [-0.2, -0.15) is 0 Å². The van der Waals surface area contributed by atoms with Crippen molar-refractivity contribution in [1.82, 2.24) is 10.6 Å². The summed E-state index contributed by atoms with van der Waals surface area (Å²) in [6, 6.07) is 7.28. The number of aliphatic hydroxyl groups is 1. The Kier molecular flexibility index (Phi) is 5.98. The maximum atomic E-state index is 11.6. The summed E-state index contributed by atoms with van der Waals surface area (Å²) < 4.78 is 5.07. The highest BCUT2D eigenvalue weighted by atomic mass is 16.5. The van der Waals surface area contributed by atoms with Gasteiger partial charge in [-0.1, -0.05) is 12.1 Å². The van der Waals surface area contributed by atoms with Crippen molar-refractivity contribution in [3.63, 3.8) is 0 Å². The number of carbonyl (C=O) groups excluding carboxylic acids is 1. The van der Waals surface area contributed by atoms with E-state index >= 15 is 0 Å². The molecule has 1 aromatic carbocycles. The Hall–Kier alpha value is -1.59. The number of hydrogen-bond acceptors (Lipinski definition) is 4.